The number of methoxy groups -OCH3 is 1. The van der Waals surface area contributed by atoms with Gasteiger partial charge >= 0.3 is 0 Å². The van der Waals surface area contributed by atoms with Crippen LogP contribution in [0.15, 0.2) is 61.2 Å². The molecular formula is C16H16O2. The largest absolute Gasteiger partial charge is 0.497 e. The highest BCUT2D eigenvalue weighted by atomic mass is 16.5. The first kappa shape index (κ1) is 13.8. The van der Waals surface area contributed by atoms with Crippen molar-refractivity contribution >= 4 is 0 Å². The molecule has 92 valence electrons. The summed E-state index contributed by atoms with van der Waals surface area (Å²) in [5, 5.41) is 10.6. The van der Waals surface area contributed by atoms with Crippen molar-refractivity contribution in [3.8, 4) is 18.1 Å². The second-order valence-corrected chi connectivity index (χ2v) is 3.65. The zero-order valence-electron chi connectivity index (χ0n) is 10.4. The second-order valence-electron chi connectivity index (χ2n) is 3.65. The van der Waals surface area contributed by atoms with E-state index in [0.717, 1.165) is 0 Å². The second kappa shape index (κ2) is 5.90. The van der Waals surface area contributed by atoms with Crippen LogP contribution in [0.5, 0.6) is 5.75 Å². The number of ether oxygens (including phenoxy) is 1. The monoisotopic (exact) mass is 240 g/mol. The Hall–Kier alpha value is -2.24. The van der Waals surface area contributed by atoms with Crippen molar-refractivity contribution in [3.05, 3.63) is 66.8 Å². The molecule has 0 radical (unpaired) electrons. The molecule has 0 aromatic heterocycles. The van der Waals surface area contributed by atoms with Crippen LogP contribution in [0.1, 0.15) is 5.56 Å². The first-order chi connectivity index (χ1) is 8.62. The smallest absolute Gasteiger partial charge is 0.176 e. The van der Waals surface area contributed by atoms with E-state index in [2.05, 4.69) is 19.1 Å². The number of benzene rings is 1. The summed E-state index contributed by atoms with van der Waals surface area (Å²) in [5.74, 6) is 3.10. The van der Waals surface area contributed by atoms with Gasteiger partial charge in [-0.3, -0.25) is 0 Å². The summed E-state index contributed by atoms with van der Waals surface area (Å²) < 4.78 is 5.07. The topological polar surface area (TPSA) is 29.5 Å². The third kappa shape index (κ3) is 2.53. The minimum absolute atomic E-state index is 0.505. The van der Waals surface area contributed by atoms with Gasteiger partial charge in [-0.15, -0.1) is 6.42 Å². The van der Waals surface area contributed by atoms with Crippen molar-refractivity contribution in [3.63, 3.8) is 0 Å². The third-order valence-corrected chi connectivity index (χ3v) is 2.65. The first-order valence-electron chi connectivity index (χ1n) is 5.42. The molecule has 1 aromatic rings. The summed E-state index contributed by atoms with van der Waals surface area (Å²) in [6.07, 6.45) is 10.2. The maximum Gasteiger partial charge on any atom is 0.176 e. The zero-order chi connectivity index (χ0) is 13.6. The molecule has 0 fully saturated rings. The van der Waals surface area contributed by atoms with Gasteiger partial charge < -0.3 is 9.84 Å². The Bertz CT molecular complexity index is 503. The molecule has 0 heterocycles. The van der Waals surface area contributed by atoms with Crippen LogP contribution in [0.25, 0.3) is 0 Å². The van der Waals surface area contributed by atoms with Gasteiger partial charge in [0.05, 0.1) is 7.11 Å². The third-order valence-electron chi connectivity index (χ3n) is 2.65. The fourth-order valence-corrected chi connectivity index (χ4v) is 1.63. The van der Waals surface area contributed by atoms with Crippen LogP contribution in [0.2, 0.25) is 0 Å². The Morgan fingerprint density at radius 3 is 2.39 bits per heavy atom. The molecule has 1 N–H and O–H groups in total. The molecular weight excluding hydrogens is 224 g/mol. The fraction of sp³-hybridized carbons (Fsp3) is 0.125. The van der Waals surface area contributed by atoms with Crippen LogP contribution >= 0.6 is 0 Å². The number of aliphatic hydroxyl groups is 1. The Labute approximate surface area is 108 Å². The summed E-state index contributed by atoms with van der Waals surface area (Å²) in [6.45, 7) is 7.25. The average molecular weight is 240 g/mol. The maximum absolute atomic E-state index is 10.6. The van der Waals surface area contributed by atoms with E-state index in [1.807, 2.05) is 0 Å². The molecule has 2 heteroatoms. The average Bonchev–Trinajstić information content (AvgIpc) is 2.44. The number of hydrogen-bond donors (Lipinski definition) is 1. The van der Waals surface area contributed by atoms with E-state index in [1.165, 1.54) is 6.08 Å². The van der Waals surface area contributed by atoms with Crippen molar-refractivity contribution in [2.75, 3.05) is 7.11 Å². The molecule has 1 rings (SSSR count). The SMILES string of the molecule is C#CC(O)(/C(C=C)=C/C=C)c1ccc(OC)cc1. The van der Waals surface area contributed by atoms with Gasteiger partial charge in [-0.1, -0.05) is 49.4 Å². The molecule has 0 aliphatic carbocycles. The molecule has 0 aliphatic rings. The normalized spacial score (nSPS) is 14.2. The van der Waals surface area contributed by atoms with Crippen LogP contribution in [-0.4, -0.2) is 12.2 Å². The highest BCUT2D eigenvalue weighted by Crippen LogP contribution is 2.30. The molecule has 0 aliphatic heterocycles. The molecule has 1 unspecified atom stereocenters. The standard InChI is InChI=1S/C16H16O2/c1-5-8-13(6-2)16(17,7-3)14-9-11-15(18-4)12-10-14/h3,5-6,8-12,17H,1-2H2,4H3/b13-8+. The molecule has 0 saturated heterocycles. The van der Waals surface area contributed by atoms with Crippen LogP contribution in [0, 0.1) is 12.3 Å². The van der Waals surface area contributed by atoms with Crippen LogP contribution in [-0.2, 0) is 5.60 Å². The van der Waals surface area contributed by atoms with Crippen LogP contribution in [0.3, 0.4) is 0 Å². The van der Waals surface area contributed by atoms with E-state index in [4.69, 9.17) is 11.2 Å². The van der Waals surface area contributed by atoms with Gasteiger partial charge in [0, 0.05) is 5.56 Å². The van der Waals surface area contributed by atoms with Crippen molar-refractivity contribution in [2.45, 2.75) is 5.60 Å². The predicted molar refractivity (Wildman–Crippen MR) is 74.2 cm³/mol. The van der Waals surface area contributed by atoms with Crippen molar-refractivity contribution in [1.29, 1.82) is 0 Å². The molecule has 2 nitrogen and oxygen atoms in total. The van der Waals surface area contributed by atoms with Gasteiger partial charge in [0.2, 0.25) is 0 Å². The van der Waals surface area contributed by atoms with E-state index in [0.29, 0.717) is 16.9 Å². The van der Waals surface area contributed by atoms with E-state index >= 15 is 0 Å². The van der Waals surface area contributed by atoms with Crippen molar-refractivity contribution in [1.82, 2.24) is 0 Å². The summed E-state index contributed by atoms with van der Waals surface area (Å²) in [6, 6.07) is 6.93. The number of terminal acetylenes is 1. The minimum atomic E-state index is -1.51. The summed E-state index contributed by atoms with van der Waals surface area (Å²) in [5.41, 5.74) is -0.425. The number of allylic oxidation sites excluding steroid dienone is 2. The Morgan fingerprint density at radius 1 is 1.39 bits per heavy atom. The highest BCUT2D eigenvalue weighted by Gasteiger charge is 2.29. The minimum Gasteiger partial charge on any atom is -0.497 e. The predicted octanol–water partition coefficient (Wildman–Crippen LogP) is 2.81. The lowest BCUT2D eigenvalue weighted by Gasteiger charge is -2.24. The number of rotatable bonds is 5. The van der Waals surface area contributed by atoms with Gasteiger partial charge in [0.25, 0.3) is 0 Å². The summed E-state index contributed by atoms with van der Waals surface area (Å²) >= 11 is 0. The number of hydrogen-bond acceptors (Lipinski definition) is 2. The van der Waals surface area contributed by atoms with Crippen LogP contribution < -0.4 is 4.74 Å². The lowest BCUT2D eigenvalue weighted by molar-refractivity contribution is 0.144. The van der Waals surface area contributed by atoms with Gasteiger partial charge in [-0.2, -0.15) is 0 Å². The summed E-state index contributed by atoms with van der Waals surface area (Å²) in [7, 11) is 1.58. The lowest BCUT2D eigenvalue weighted by Crippen LogP contribution is -2.25. The Morgan fingerprint density at radius 2 is 2.00 bits per heavy atom. The van der Waals surface area contributed by atoms with Crippen LogP contribution in [0.4, 0.5) is 0 Å². The highest BCUT2D eigenvalue weighted by molar-refractivity contribution is 5.47. The van der Waals surface area contributed by atoms with E-state index in [9.17, 15) is 5.11 Å². The van der Waals surface area contributed by atoms with Crippen molar-refractivity contribution < 1.29 is 9.84 Å². The fourth-order valence-electron chi connectivity index (χ4n) is 1.63. The van der Waals surface area contributed by atoms with E-state index < -0.39 is 5.60 Å². The molecule has 1 atom stereocenters. The Balaban J connectivity index is 3.30. The maximum atomic E-state index is 10.6. The van der Waals surface area contributed by atoms with Gasteiger partial charge in [-0.25, -0.2) is 0 Å². The van der Waals surface area contributed by atoms with E-state index in [1.54, 1.807) is 43.5 Å². The Kier molecular flexibility index (Phi) is 4.53. The van der Waals surface area contributed by atoms with Gasteiger partial charge in [0.1, 0.15) is 5.75 Å². The lowest BCUT2D eigenvalue weighted by atomic mass is 9.86. The van der Waals surface area contributed by atoms with Gasteiger partial charge in [0.15, 0.2) is 5.60 Å². The molecule has 0 bridgehead atoms. The molecule has 18 heavy (non-hydrogen) atoms. The summed E-state index contributed by atoms with van der Waals surface area (Å²) in [4.78, 5) is 0. The van der Waals surface area contributed by atoms with Gasteiger partial charge in [-0.05, 0) is 17.7 Å². The zero-order valence-corrected chi connectivity index (χ0v) is 10.4. The quantitative estimate of drug-likeness (QED) is 0.633. The molecule has 0 saturated carbocycles. The molecule has 0 spiro atoms. The first-order valence-corrected chi connectivity index (χ1v) is 5.42. The molecule has 1 aromatic carbocycles. The van der Waals surface area contributed by atoms with Crippen molar-refractivity contribution in [2.24, 2.45) is 0 Å². The molecule has 0 amide bonds. The van der Waals surface area contributed by atoms with E-state index in [-0.39, 0.29) is 0 Å².